The Kier molecular flexibility index (Phi) is 8.88. The van der Waals surface area contributed by atoms with Crippen LogP contribution in [0.5, 0.6) is 5.75 Å². The maximum Gasteiger partial charge on any atom is 0.138 e. The van der Waals surface area contributed by atoms with Crippen molar-refractivity contribution < 1.29 is 9.47 Å². The molecular weight excluding hydrogens is 306 g/mol. The van der Waals surface area contributed by atoms with Crippen LogP contribution in [0.15, 0.2) is 22.7 Å². The third-order valence-electron chi connectivity index (χ3n) is 2.73. The van der Waals surface area contributed by atoms with Crippen molar-refractivity contribution in [2.75, 3.05) is 26.4 Å². The molecule has 0 radical (unpaired) electrons. The Labute approximate surface area is 124 Å². The third-order valence-corrected chi connectivity index (χ3v) is 3.35. The topological polar surface area (TPSA) is 30.5 Å². The minimum absolute atomic E-state index is 0.589. The lowest BCUT2D eigenvalue weighted by Crippen LogP contribution is -2.14. The molecule has 0 fully saturated rings. The zero-order chi connectivity index (χ0) is 13.9. The van der Waals surface area contributed by atoms with Crippen LogP contribution in [0.2, 0.25) is 0 Å². The number of hydrogen-bond acceptors (Lipinski definition) is 3. The predicted octanol–water partition coefficient (Wildman–Crippen LogP) is 3.75. The summed E-state index contributed by atoms with van der Waals surface area (Å²) in [7, 11) is 0. The van der Waals surface area contributed by atoms with Gasteiger partial charge in [0.1, 0.15) is 12.4 Å². The normalized spacial score (nSPS) is 10.7. The first-order valence-electron chi connectivity index (χ1n) is 6.98. The highest BCUT2D eigenvalue weighted by Gasteiger charge is 2.07. The van der Waals surface area contributed by atoms with E-state index in [2.05, 4.69) is 41.2 Å². The quantitative estimate of drug-likeness (QED) is 0.663. The molecule has 0 saturated carbocycles. The number of rotatable bonds is 10. The number of hydrogen-bond donors (Lipinski definition) is 1. The number of ether oxygens (including phenoxy) is 2. The van der Waals surface area contributed by atoms with Crippen LogP contribution in [0, 0.1) is 0 Å². The predicted molar refractivity (Wildman–Crippen MR) is 82.7 cm³/mol. The van der Waals surface area contributed by atoms with Crippen molar-refractivity contribution in [1.82, 2.24) is 5.32 Å². The van der Waals surface area contributed by atoms with Gasteiger partial charge in [0.25, 0.3) is 0 Å². The molecule has 0 bridgehead atoms. The number of halogens is 1. The fourth-order valence-electron chi connectivity index (χ4n) is 1.67. The van der Waals surface area contributed by atoms with Gasteiger partial charge < -0.3 is 14.8 Å². The van der Waals surface area contributed by atoms with Gasteiger partial charge in [-0.05, 0) is 35.0 Å². The Morgan fingerprint density at radius 1 is 1.16 bits per heavy atom. The molecule has 3 nitrogen and oxygen atoms in total. The number of para-hydroxylation sites is 1. The Morgan fingerprint density at radius 2 is 2.00 bits per heavy atom. The minimum atomic E-state index is 0.589. The maximum atomic E-state index is 5.83. The van der Waals surface area contributed by atoms with Crippen molar-refractivity contribution in [3.63, 3.8) is 0 Å². The first kappa shape index (κ1) is 16.5. The van der Waals surface area contributed by atoms with E-state index in [4.69, 9.17) is 9.47 Å². The van der Waals surface area contributed by atoms with E-state index in [0.29, 0.717) is 13.2 Å². The summed E-state index contributed by atoms with van der Waals surface area (Å²) in [6, 6.07) is 6.12. The first-order chi connectivity index (χ1) is 9.29. The van der Waals surface area contributed by atoms with E-state index in [1.807, 2.05) is 12.1 Å². The van der Waals surface area contributed by atoms with E-state index in [1.54, 1.807) is 0 Å². The van der Waals surface area contributed by atoms with Crippen molar-refractivity contribution in [1.29, 1.82) is 0 Å². The van der Waals surface area contributed by atoms with Crippen molar-refractivity contribution in [3.05, 3.63) is 28.2 Å². The van der Waals surface area contributed by atoms with Crippen LogP contribution >= 0.6 is 15.9 Å². The van der Waals surface area contributed by atoms with E-state index in [-0.39, 0.29) is 0 Å². The fraction of sp³-hybridized carbons (Fsp3) is 0.600. The van der Waals surface area contributed by atoms with Crippen molar-refractivity contribution in [3.8, 4) is 5.75 Å². The summed E-state index contributed by atoms with van der Waals surface area (Å²) in [6.45, 7) is 8.08. The Balaban J connectivity index is 2.42. The highest BCUT2D eigenvalue weighted by atomic mass is 79.9. The summed E-state index contributed by atoms with van der Waals surface area (Å²) in [5.74, 6) is 0.919. The highest BCUT2D eigenvalue weighted by molar-refractivity contribution is 9.10. The standard InChI is InChI=1S/C15H24BrNO2/c1-3-5-9-18-10-11-19-15-13(12-17-4-2)7-6-8-14(15)16/h6-8,17H,3-5,9-12H2,1-2H3. The zero-order valence-corrected chi connectivity index (χ0v) is 13.5. The number of nitrogens with one attached hydrogen (secondary N) is 1. The molecule has 0 heterocycles. The van der Waals surface area contributed by atoms with Crippen LogP contribution in [0.4, 0.5) is 0 Å². The van der Waals surface area contributed by atoms with Gasteiger partial charge in [-0.1, -0.05) is 32.4 Å². The van der Waals surface area contributed by atoms with Gasteiger partial charge in [0.2, 0.25) is 0 Å². The summed E-state index contributed by atoms with van der Waals surface area (Å²) >= 11 is 3.54. The molecule has 0 aliphatic rings. The molecule has 1 aromatic carbocycles. The second-order valence-corrected chi connectivity index (χ2v) is 5.18. The molecule has 0 amide bonds. The van der Waals surface area contributed by atoms with Gasteiger partial charge in [-0.15, -0.1) is 0 Å². The molecule has 108 valence electrons. The summed E-state index contributed by atoms with van der Waals surface area (Å²) in [4.78, 5) is 0. The minimum Gasteiger partial charge on any atom is -0.490 e. The van der Waals surface area contributed by atoms with E-state index in [9.17, 15) is 0 Å². The van der Waals surface area contributed by atoms with Gasteiger partial charge in [-0.2, -0.15) is 0 Å². The maximum absolute atomic E-state index is 5.83. The lowest BCUT2D eigenvalue weighted by atomic mass is 10.2. The average Bonchev–Trinajstić information content (AvgIpc) is 2.42. The Morgan fingerprint density at radius 3 is 2.74 bits per heavy atom. The lowest BCUT2D eigenvalue weighted by Gasteiger charge is -2.13. The van der Waals surface area contributed by atoms with Crippen LogP contribution in [-0.4, -0.2) is 26.4 Å². The van der Waals surface area contributed by atoms with Crippen LogP contribution < -0.4 is 10.1 Å². The smallest absolute Gasteiger partial charge is 0.138 e. The lowest BCUT2D eigenvalue weighted by molar-refractivity contribution is 0.0974. The summed E-state index contributed by atoms with van der Waals surface area (Å²) < 4.78 is 12.3. The molecule has 0 unspecified atom stereocenters. The highest BCUT2D eigenvalue weighted by Crippen LogP contribution is 2.29. The third kappa shape index (κ3) is 6.41. The van der Waals surface area contributed by atoms with Crippen molar-refractivity contribution >= 4 is 15.9 Å². The van der Waals surface area contributed by atoms with E-state index >= 15 is 0 Å². The van der Waals surface area contributed by atoms with Crippen molar-refractivity contribution in [2.45, 2.75) is 33.2 Å². The van der Waals surface area contributed by atoms with Crippen LogP contribution in [0.3, 0.4) is 0 Å². The average molecular weight is 330 g/mol. The fourth-order valence-corrected chi connectivity index (χ4v) is 2.19. The molecule has 0 aromatic heterocycles. The zero-order valence-electron chi connectivity index (χ0n) is 11.9. The van der Waals surface area contributed by atoms with Gasteiger partial charge in [-0.25, -0.2) is 0 Å². The first-order valence-corrected chi connectivity index (χ1v) is 7.77. The molecule has 1 aromatic rings. The molecule has 19 heavy (non-hydrogen) atoms. The summed E-state index contributed by atoms with van der Waals surface area (Å²) in [5.41, 5.74) is 1.17. The van der Waals surface area contributed by atoms with E-state index in [1.165, 1.54) is 5.56 Å². The van der Waals surface area contributed by atoms with Gasteiger partial charge in [-0.3, -0.25) is 0 Å². The van der Waals surface area contributed by atoms with Crippen LogP contribution in [-0.2, 0) is 11.3 Å². The SMILES string of the molecule is CCCCOCCOc1c(Br)cccc1CNCC. The van der Waals surface area contributed by atoms with Gasteiger partial charge in [0.15, 0.2) is 0 Å². The van der Waals surface area contributed by atoms with Gasteiger partial charge >= 0.3 is 0 Å². The molecule has 0 aliphatic heterocycles. The Hall–Kier alpha value is -0.580. The Bertz CT molecular complexity index is 358. The molecule has 1 N–H and O–H groups in total. The second-order valence-electron chi connectivity index (χ2n) is 4.32. The summed E-state index contributed by atoms with van der Waals surface area (Å²) in [5, 5.41) is 3.32. The largest absolute Gasteiger partial charge is 0.490 e. The van der Waals surface area contributed by atoms with E-state index < -0.39 is 0 Å². The monoisotopic (exact) mass is 329 g/mol. The number of unbranched alkanes of at least 4 members (excludes halogenated alkanes) is 1. The molecule has 0 aliphatic carbocycles. The van der Waals surface area contributed by atoms with Gasteiger partial charge in [0, 0.05) is 18.7 Å². The molecule has 4 heteroatoms. The number of benzene rings is 1. The van der Waals surface area contributed by atoms with Crippen LogP contribution in [0.25, 0.3) is 0 Å². The second kappa shape index (κ2) is 10.2. The van der Waals surface area contributed by atoms with Crippen LogP contribution in [0.1, 0.15) is 32.3 Å². The van der Waals surface area contributed by atoms with E-state index in [0.717, 1.165) is 42.8 Å². The summed E-state index contributed by atoms with van der Waals surface area (Å²) in [6.07, 6.45) is 2.28. The molecule has 0 spiro atoms. The van der Waals surface area contributed by atoms with Crippen molar-refractivity contribution in [2.24, 2.45) is 0 Å². The van der Waals surface area contributed by atoms with Gasteiger partial charge in [0.05, 0.1) is 11.1 Å². The molecular formula is C15H24BrNO2. The molecule has 1 rings (SSSR count). The molecule has 0 atom stereocenters. The molecule has 0 saturated heterocycles.